The first kappa shape index (κ1) is 11.5. The molecular weight excluding hydrogens is 235 g/mol. The maximum absolute atomic E-state index is 12.1. The lowest BCUT2D eigenvalue weighted by molar-refractivity contribution is -0.115. The molecule has 0 radical (unpaired) electrons. The highest BCUT2D eigenvalue weighted by Gasteiger charge is 2.27. The summed E-state index contributed by atoms with van der Waals surface area (Å²) in [5, 5.41) is 4.99. The minimum absolute atomic E-state index is 0.0965. The third kappa shape index (κ3) is 2.58. The molecule has 0 unspecified atom stereocenters. The lowest BCUT2D eigenvalue weighted by Gasteiger charge is -2.11. The average Bonchev–Trinajstić information content (AvgIpc) is 2.72. The lowest BCUT2D eigenvalue weighted by Crippen LogP contribution is -2.22. The average molecular weight is 245 g/mol. The monoisotopic (exact) mass is 245 g/mol. The zero-order valence-corrected chi connectivity index (χ0v) is 8.91. The van der Waals surface area contributed by atoms with E-state index in [1.807, 2.05) is 0 Å². The number of fused-ring (bicyclic) bond motifs is 1. The summed E-state index contributed by atoms with van der Waals surface area (Å²) in [6.07, 6.45) is 0.480. The smallest absolute Gasteiger partial charge is 0.372 e. The third-order valence-electron chi connectivity index (χ3n) is 2.09. The fourth-order valence-corrected chi connectivity index (χ4v) is 1.35. The molecule has 2 rings (SSSR count). The molecule has 2 heterocycles. The lowest BCUT2D eigenvalue weighted by atomic mass is 10.5. The van der Waals surface area contributed by atoms with Gasteiger partial charge in [-0.3, -0.25) is 0 Å². The molecule has 17 heavy (non-hydrogen) atoms. The Bertz CT molecular complexity index is 519. The number of alkyl halides is 3. The number of nitrogens with one attached hydrogen (secondary N) is 2. The molecule has 0 amide bonds. The number of imidazole rings is 1. The molecule has 0 bridgehead atoms. The number of hydrogen-bond acceptors (Lipinski definition) is 4. The van der Waals surface area contributed by atoms with Gasteiger partial charge in [-0.25, -0.2) is 9.97 Å². The van der Waals surface area contributed by atoms with E-state index in [0.29, 0.717) is 11.5 Å². The molecule has 8 heteroatoms. The molecule has 0 spiro atoms. The van der Waals surface area contributed by atoms with Crippen LogP contribution in [0.1, 0.15) is 0 Å². The van der Waals surface area contributed by atoms with E-state index in [-0.39, 0.29) is 5.82 Å². The van der Waals surface area contributed by atoms with Crippen molar-refractivity contribution >= 4 is 17.3 Å². The van der Waals surface area contributed by atoms with E-state index < -0.39 is 12.7 Å². The summed E-state index contributed by atoms with van der Waals surface area (Å²) in [5.41, 5.74) is 0.355. The van der Waals surface area contributed by atoms with Gasteiger partial charge in [0.15, 0.2) is 11.5 Å². The molecule has 0 aliphatic rings. The van der Waals surface area contributed by atoms with Gasteiger partial charge in [-0.15, -0.1) is 0 Å². The molecule has 0 aromatic carbocycles. The van der Waals surface area contributed by atoms with Crippen LogP contribution in [0.3, 0.4) is 0 Å². The molecule has 92 valence electrons. The summed E-state index contributed by atoms with van der Waals surface area (Å²) in [4.78, 5) is 7.93. The van der Waals surface area contributed by atoms with Crippen molar-refractivity contribution in [2.75, 3.05) is 24.2 Å². The van der Waals surface area contributed by atoms with Crippen molar-refractivity contribution < 1.29 is 13.2 Å². The van der Waals surface area contributed by atoms with Gasteiger partial charge in [-0.1, -0.05) is 0 Å². The second-order valence-corrected chi connectivity index (χ2v) is 3.35. The van der Waals surface area contributed by atoms with E-state index in [1.165, 1.54) is 6.20 Å². The summed E-state index contributed by atoms with van der Waals surface area (Å²) in [6.45, 7) is -1.14. The van der Waals surface area contributed by atoms with Crippen LogP contribution < -0.4 is 10.6 Å². The first-order chi connectivity index (χ1) is 7.99. The Hall–Kier alpha value is -1.99. The zero-order chi connectivity index (χ0) is 12.5. The summed E-state index contributed by atoms with van der Waals surface area (Å²) in [6, 6.07) is 0. The number of halogens is 3. The highest BCUT2D eigenvalue weighted by molar-refractivity contribution is 5.65. The van der Waals surface area contributed by atoms with Crippen LogP contribution in [0, 0.1) is 0 Å². The summed E-state index contributed by atoms with van der Waals surface area (Å²) >= 11 is 0. The Labute approximate surface area is 94.7 Å². The normalized spacial score (nSPS) is 11.8. The number of anilines is 2. The van der Waals surface area contributed by atoms with Crippen LogP contribution in [0.2, 0.25) is 0 Å². The van der Waals surface area contributed by atoms with Gasteiger partial charge >= 0.3 is 6.18 Å². The summed E-state index contributed by atoms with van der Waals surface area (Å²) < 4.78 is 37.9. The van der Waals surface area contributed by atoms with Crippen molar-refractivity contribution in [2.45, 2.75) is 6.18 Å². The van der Waals surface area contributed by atoms with Gasteiger partial charge in [-0.05, 0) is 0 Å². The number of rotatable bonds is 3. The Kier molecular flexibility index (Phi) is 2.78. The maximum Gasteiger partial charge on any atom is 0.405 e. The zero-order valence-electron chi connectivity index (χ0n) is 8.91. The van der Waals surface area contributed by atoms with Gasteiger partial charge in [-0.2, -0.15) is 13.2 Å². The molecule has 2 N–H and O–H groups in total. The Morgan fingerprint density at radius 1 is 1.41 bits per heavy atom. The summed E-state index contributed by atoms with van der Waals surface area (Å²) in [5.74, 6) is 0.555. The van der Waals surface area contributed by atoms with Gasteiger partial charge in [0.1, 0.15) is 12.4 Å². The van der Waals surface area contributed by atoms with Crippen molar-refractivity contribution in [1.82, 2.24) is 14.4 Å². The van der Waals surface area contributed by atoms with E-state index in [1.54, 1.807) is 23.8 Å². The van der Waals surface area contributed by atoms with Crippen molar-refractivity contribution in [2.24, 2.45) is 0 Å². The van der Waals surface area contributed by atoms with E-state index >= 15 is 0 Å². The molecule has 2 aromatic heterocycles. The highest BCUT2D eigenvalue weighted by atomic mass is 19.4. The molecule has 0 aliphatic heterocycles. The minimum Gasteiger partial charge on any atom is -0.372 e. The van der Waals surface area contributed by atoms with E-state index in [0.717, 1.165) is 0 Å². The first-order valence-electron chi connectivity index (χ1n) is 4.82. The van der Waals surface area contributed by atoms with Crippen molar-refractivity contribution in [3.05, 3.63) is 18.6 Å². The van der Waals surface area contributed by atoms with Crippen LogP contribution >= 0.6 is 0 Å². The van der Waals surface area contributed by atoms with Crippen LogP contribution in [0.4, 0.5) is 24.8 Å². The van der Waals surface area contributed by atoms with Crippen LogP contribution in [-0.4, -0.2) is 34.1 Å². The van der Waals surface area contributed by atoms with Gasteiger partial charge < -0.3 is 15.0 Å². The molecule has 0 fully saturated rings. The predicted molar refractivity (Wildman–Crippen MR) is 57.1 cm³/mol. The van der Waals surface area contributed by atoms with Gasteiger partial charge in [0.05, 0.1) is 6.20 Å². The third-order valence-corrected chi connectivity index (χ3v) is 2.09. The molecular formula is C9H10F3N5. The maximum atomic E-state index is 12.1. The molecule has 5 nitrogen and oxygen atoms in total. The quantitative estimate of drug-likeness (QED) is 0.864. The van der Waals surface area contributed by atoms with E-state index in [4.69, 9.17) is 0 Å². The van der Waals surface area contributed by atoms with Crippen LogP contribution in [-0.2, 0) is 0 Å². The molecule has 2 aromatic rings. The van der Waals surface area contributed by atoms with Gasteiger partial charge in [0, 0.05) is 19.4 Å². The van der Waals surface area contributed by atoms with Crippen LogP contribution in [0.25, 0.3) is 5.65 Å². The number of aromatic nitrogens is 3. The fraction of sp³-hybridized carbons (Fsp3) is 0.333. The Balaban J connectivity index is 2.34. The van der Waals surface area contributed by atoms with Crippen LogP contribution in [0.5, 0.6) is 0 Å². The minimum atomic E-state index is -4.29. The first-order valence-corrected chi connectivity index (χ1v) is 4.82. The standard InChI is InChI=1S/C9H10F3N5/c1-13-6-4-17-3-2-14-8(17)7(16-6)15-5-9(10,11)12/h2-4,13H,5H2,1H3,(H,15,16). The molecule has 0 aliphatic carbocycles. The molecule has 0 saturated carbocycles. The largest absolute Gasteiger partial charge is 0.405 e. The SMILES string of the molecule is CNc1cn2ccnc2c(NCC(F)(F)F)n1. The van der Waals surface area contributed by atoms with Crippen molar-refractivity contribution in [1.29, 1.82) is 0 Å². The topological polar surface area (TPSA) is 54.2 Å². The van der Waals surface area contributed by atoms with Crippen LogP contribution in [0.15, 0.2) is 18.6 Å². The Morgan fingerprint density at radius 3 is 2.82 bits per heavy atom. The molecule has 0 saturated heterocycles. The number of hydrogen-bond donors (Lipinski definition) is 2. The second-order valence-electron chi connectivity index (χ2n) is 3.35. The Morgan fingerprint density at radius 2 is 2.18 bits per heavy atom. The predicted octanol–water partition coefficient (Wildman–Crippen LogP) is 1.75. The van der Waals surface area contributed by atoms with Gasteiger partial charge in [0.2, 0.25) is 0 Å². The fourth-order valence-electron chi connectivity index (χ4n) is 1.35. The second kappa shape index (κ2) is 4.11. The van der Waals surface area contributed by atoms with Crippen molar-refractivity contribution in [3.8, 4) is 0 Å². The summed E-state index contributed by atoms with van der Waals surface area (Å²) in [7, 11) is 1.64. The highest BCUT2D eigenvalue weighted by Crippen LogP contribution is 2.19. The van der Waals surface area contributed by atoms with E-state index in [2.05, 4.69) is 20.6 Å². The molecule has 0 atom stereocenters. The van der Waals surface area contributed by atoms with E-state index in [9.17, 15) is 13.2 Å². The van der Waals surface area contributed by atoms with Crippen molar-refractivity contribution in [3.63, 3.8) is 0 Å². The van der Waals surface area contributed by atoms with Gasteiger partial charge in [0.25, 0.3) is 0 Å². The number of nitrogens with zero attached hydrogens (tertiary/aromatic N) is 3.